The molecule has 1 saturated heterocycles. The quantitative estimate of drug-likeness (QED) is 0.878. The number of benzene rings is 1. The SMILES string of the molecule is COc1ccc(NC(=O)Nc2cnn([C@H]3CCOC3)c2)c(OC)c1. The first-order valence-electron chi connectivity index (χ1n) is 7.61. The van der Waals surface area contributed by atoms with Gasteiger partial charge in [-0.15, -0.1) is 0 Å². The maximum atomic E-state index is 12.2. The number of methoxy groups -OCH3 is 2. The lowest BCUT2D eigenvalue weighted by Gasteiger charge is -2.12. The van der Waals surface area contributed by atoms with Crippen molar-refractivity contribution in [3.05, 3.63) is 30.6 Å². The van der Waals surface area contributed by atoms with Gasteiger partial charge in [0.1, 0.15) is 11.5 Å². The first kappa shape index (κ1) is 16.1. The van der Waals surface area contributed by atoms with Crippen LogP contribution in [0.25, 0.3) is 0 Å². The highest BCUT2D eigenvalue weighted by Gasteiger charge is 2.18. The molecule has 1 aromatic heterocycles. The van der Waals surface area contributed by atoms with E-state index < -0.39 is 0 Å². The fourth-order valence-electron chi connectivity index (χ4n) is 2.52. The summed E-state index contributed by atoms with van der Waals surface area (Å²) in [5, 5.41) is 9.77. The van der Waals surface area contributed by atoms with Crippen LogP contribution < -0.4 is 20.1 Å². The Labute approximate surface area is 139 Å². The van der Waals surface area contributed by atoms with Crippen LogP contribution in [-0.2, 0) is 4.74 Å². The van der Waals surface area contributed by atoms with Crippen molar-refractivity contribution >= 4 is 17.4 Å². The van der Waals surface area contributed by atoms with E-state index in [-0.39, 0.29) is 12.1 Å². The zero-order valence-electron chi connectivity index (χ0n) is 13.6. The molecule has 0 bridgehead atoms. The standard InChI is InChI=1S/C16H20N4O4/c1-22-13-3-4-14(15(7-13)23-2)19-16(21)18-11-8-17-20(9-11)12-5-6-24-10-12/h3-4,7-9,12H,5-6,10H2,1-2H3,(H2,18,19,21)/t12-/m0/s1. The lowest BCUT2D eigenvalue weighted by Crippen LogP contribution is -2.19. The van der Waals surface area contributed by atoms with Crippen LogP contribution in [0.3, 0.4) is 0 Å². The van der Waals surface area contributed by atoms with Crippen molar-refractivity contribution in [2.45, 2.75) is 12.5 Å². The van der Waals surface area contributed by atoms with E-state index in [0.29, 0.717) is 29.5 Å². The highest BCUT2D eigenvalue weighted by atomic mass is 16.5. The molecule has 1 aromatic carbocycles. The third-order valence-corrected chi connectivity index (χ3v) is 3.80. The summed E-state index contributed by atoms with van der Waals surface area (Å²) in [7, 11) is 3.10. The number of aromatic nitrogens is 2. The summed E-state index contributed by atoms with van der Waals surface area (Å²) in [4.78, 5) is 12.2. The van der Waals surface area contributed by atoms with Gasteiger partial charge in [-0.05, 0) is 18.6 Å². The number of hydrogen-bond acceptors (Lipinski definition) is 5. The van der Waals surface area contributed by atoms with E-state index in [1.54, 1.807) is 37.7 Å². The van der Waals surface area contributed by atoms with Gasteiger partial charge in [-0.3, -0.25) is 4.68 Å². The fourth-order valence-corrected chi connectivity index (χ4v) is 2.52. The first-order valence-corrected chi connectivity index (χ1v) is 7.61. The van der Waals surface area contributed by atoms with Gasteiger partial charge >= 0.3 is 6.03 Å². The molecule has 128 valence electrons. The molecule has 0 spiro atoms. The van der Waals surface area contributed by atoms with Gasteiger partial charge < -0.3 is 24.8 Å². The Morgan fingerprint density at radius 2 is 2.21 bits per heavy atom. The second-order valence-electron chi connectivity index (χ2n) is 5.37. The highest BCUT2D eigenvalue weighted by molar-refractivity contribution is 6.00. The third kappa shape index (κ3) is 3.60. The summed E-state index contributed by atoms with van der Waals surface area (Å²) < 4.78 is 17.5. The summed E-state index contributed by atoms with van der Waals surface area (Å²) in [6, 6.07) is 5.02. The van der Waals surface area contributed by atoms with E-state index in [2.05, 4.69) is 15.7 Å². The maximum Gasteiger partial charge on any atom is 0.323 e. The van der Waals surface area contributed by atoms with Crippen molar-refractivity contribution in [2.24, 2.45) is 0 Å². The van der Waals surface area contributed by atoms with E-state index in [9.17, 15) is 4.79 Å². The van der Waals surface area contributed by atoms with Gasteiger partial charge in [-0.25, -0.2) is 4.79 Å². The van der Waals surface area contributed by atoms with E-state index in [1.165, 1.54) is 7.11 Å². The molecule has 1 atom stereocenters. The van der Waals surface area contributed by atoms with E-state index >= 15 is 0 Å². The molecule has 2 amide bonds. The average molecular weight is 332 g/mol. The van der Waals surface area contributed by atoms with Gasteiger partial charge in [0.15, 0.2) is 0 Å². The van der Waals surface area contributed by atoms with Crippen molar-refractivity contribution in [1.29, 1.82) is 0 Å². The summed E-state index contributed by atoms with van der Waals surface area (Å²) in [6.07, 6.45) is 4.34. The molecular formula is C16H20N4O4. The monoisotopic (exact) mass is 332 g/mol. The number of rotatable bonds is 5. The number of amides is 2. The lowest BCUT2D eigenvalue weighted by molar-refractivity contribution is 0.184. The third-order valence-electron chi connectivity index (χ3n) is 3.80. The van der Waals surface area contributed by atoms with Crippen LogP contribution in [0.4, 0.5) is 16.2 Å². The Morgan fingerprint density at radius 1 is 1.33 bits per heavy atom. The number of nitrogens with one attached hydrogen (secondary N) is 2. The number of carbonyl (C=O) groups is 1. The number of nitrogens with zero attached hydrogens (tertiary/aromatic N) is 2. The van der Waals surface area contributed by atoms with Gasteiger partial charge in [0.2, 0.25) is 0 Å². The molecule has 0 radical (unpaired) electrons. The van der Waals surface area contributed by atoms with Crippen LogP contribution in [0.1, 0.15) is 12.5 Å². The minimum absolute atomic E-state index is 0.227. The van der Waals surface area contributed by atoms with E-state index in [0.717, 1.165) is 13.0 Å². The van der Waals surface area contributed by atoms with Crippen LogP contribution in [0.2, 0.25) is 0 Å². The van der Waals surface area contributed by atoms with Gasteiger partial charge in [-0.2, -0.15) is 5.10 Å². The zero-order valence-corrected chi connectivity index (χ0v) is 13.6. The molecule has 0 aliphatic carbocycles. The molecule has 8 heteroatoms. The van der Waals surface area contributed by atoms with Crippen LogP contribution in [0.15, 0.2) is 30.6 Å². The van der Waals surface area contributed by atoms with E-state index in [1.807, 2.05) is 4.68 Å². The summed E-state index contributed by atoms with van der Waals surface area (Å²) in [5.41, 5.74) is 1.17. The van der Waals surface area contributed by atoms with Crippen molar-refractivity contribution in [2.75, 3.05) is 38.1 Å². The Bertz CT molecular complexity index is 710. The molecule has 24 heavy (non-hydrogen) atoms. The smallest absolute Gasteiger partial charge is 0.323 e. The highest BCUT2D eigenvalue weighted by Crippen LogP contribution is 2.29. The van der Waals surface area contributed by atoms with Crippen LogP contribution >= 0.6 is 0 Å². The summed E-state index contributed by atoms with van der Waals surface area (Å²) in [6.45, 7) is 1.39. The van der Waals surface area contributed by atoms with Crippen LogP contribution in [-0.4, -0.2) is 43.2 Å². The molecular weight excluding hydrogens is 312 g/mol. The van der Waals surface area contributed by atoms with Crippen molar-refractivity contribution in [3.8, 4) is 11.5 Å². The van der Waals surface area contributed by atoms with Gasteiger partial charge in [0, 0.05) is 18.9 Å². The predicted octanol–water partition coefficient (Wildman–Crippen LogP) is 2.51. The number of anilines is 2. The minimum atomic E-state index is -0.374. The maximum absolute atomic E-state index is 12.2. The minimum Gasteiger partial charge on any atom is -0.497 e. The molecule has 8 nitrogen and oxygen atoms in total. The number of urea groups is 1. The van der Waals surface area contributed by atoms with E-state index in [4.69, 9.17) is 14.2 Å². The number of carbonyl (C=O) groups excluding carboxylic acids is 1. The number of ether oxygens (including phenoxy) is 3. The second-order valence-corrected chi connectivity index (χ2v) is 5.37. The Balaban J connectivity index is 1.63. The fraction of sp³-hybridized carbons (Fsp3) is 0.375. The summed E-state index contributed by atoms with van der Waals surface area (Å²) in [5.74, 6) is 1.17. The largest absolute Gasteiger partial charge is 0.497 e. The van der Waals surface area contributed by atoms with Crippen LogP contribution in [0, 0.1) is 0 Å². The van der Waals surface area contributed by atoms with Gasteiger partial charge in [0.05, 0.1) is 44.4 Å². The molecule has 2 aromatic rings. The predicted molar refractivity (Wildman–Crippen MR) is 88.9 cm³/mol. The molecule has 0 saturated carbocycles. The first-order chi connectivity index (χ1) is 11.7. The van der Waals surface area contributed by atoms with Crippen LogP contribution in [0.5, 0.6) is 11.5 Å². The normalized spacial score (nSPS) is 16.7. The Kier molecular flexibility index (Phi) is 4.85. The molecule has 2 heterocycles. The van der Waals surface area contributed by atoms with Crippen molar-refractivity contribution < 1.29 is 19.0 Å². The van der Waals surface area contributed by atoms with Crippen molar-refractivity contribution in [1.82, 2.24) is 9.78 Å². The molecule has 0 unspecified atom stereocenters. The molecule has 3 rings (SSSR count). The molecule has 1 aliphatic heterocycles. The Morgan fingerprint density at radius 3 is 2.92 bits per heavy atom. The molecule has 1 aliphatic rings. The Hall–Kier alpha value is -2.74. The second kappa shape index (κ2) is 7.22. The topological polar surface area (TPSA) is 86.6 Å². The van der Waals surface area contributed by atoms with Gasteiger partial charge in [-0.1, -0.05) is 0 Å². The summed E-state index contributed by atoms with van der Waals surface area (Å²) >= 11 is 0. The number of hydrogen-bond donors (Lipinski definition) is 2. The lowest BCUT2D eigenvalue weighted by atomic mass is 10.2. The van der Waals surface area contributed by atoms with Crippen molar-refractivity contribution in [3.63, 3.8) is 0 Å². The average Bonchev–Trinajstić information content (AvgIpc) is 3.26. The van der Waals surface area contributed by atoms with Gasteiger partial charge in [0.25, 0.3) is 0 Å². The zero-order chi connectivity index (χ0) is 16.9. The molecule has 2 N–H and O–H groups in total. The molecule has 1 fully saturated rings.